The maximum Gasteiger partial charge on any atom is 0.260 e. The van der Waals surface area contributed by atoms with E-state index in [0.29, 0.717) is 11.4 Å². The van der Waals surface area contributed by atoms with Crippen LogP contribution in [0.5, 0.6) is 0 Å². The van der Waals surface area contributed by atoms with Crippen molar-refractivity contribution in [3.8, 4) is 0 Å². The lowest BCUT2D eigenvalue weighted by molar-refractivity contribution is 0.102. The molecule has 16 heavy (non-hydrogen) atoms. The molecule has 1 amide bonds. The third-order valence-corrected chi connectivity index (χ3v) is 2.49. The van der Waals surface area contributed by atoms with E-state index in [9.17, 15) is 4.79 Å². The third kappa shape index (κ3) is 1.69. The van der Waals surface area contributed by atoms with Gasteiger partial charge in [0.15, 0.2) is 0 Å². The lowest BCUT2D eigenvalue weighted by Crippen LogP contribution is -2.14. The lowest BCUT2D eigenvalue weighted by Gasteiger charge is -2.02. The molecule has 0 saturated carbocycles. The number of aromatic amines is 1. The van der Waals surface area contributed by atoms with E-state index >= 15 is 0 Å². The Balaban J connectivity index is 2.27. The van der Waals surface area contributed by atoms with Crippen molar-refractivity contribution in [3.63, 3.8) is 0 Å². The van der Waals surface area contributed by atoms with Gasteiger partial charge in [-0.3, -0.25) is 14.6 Å². The van der Waals surface area contributed by atoms with Crippen LogP contribution in [-0.4, -0.2) is 25.9 Å². The quantitative estimate of drug-likeness (QED) is 0.791. The maximum atomic E-state index is 12.0. The largest absolute Gasteiger partial charge is 0.307 e. The first kappa shape index (κ1) is 10.4. The van der Waals surface area contributed by atoms with Crippen molar-refractivity contribution in [3.05, 3.63) is 29.2 Å². The number of aryl methyl sites for hydroxylation is 2. The minimum absolute atomic E-state index is 0.174. The van der Waals surface area contributed by atoms with Crippen molar-refractivity contribution in [1.82, 2.24) is 20.0 Å². The summed E-state index contributed by atoms with van der Waals surface area (Å²) < 4.78 is 1.69. The molecule has 2 aromatic rings. The van der Waals surface area contributed by atoms with Crippen molar-refractivity contribution >= 4 is 11.7 Å². The summed E-state index contributed by atoms with van der Waals surface area (Å²) in [5.74, 6) is 0.403. The van der Waals surface area contributed by atoms with Crippen molar-refractivity contribution in [1.29, 1.82) is 0 Å². The van der Waals surface area contributed by atoms with Crippen LogP contribution in [0.15, 0.2) is 12.3 Å². The lowest BCUT2D eigenvalue weighted by atomic mass is 10.2. The number of hydrogen-bond acceptors (Lipinski definition) is 3. The molecule has 6 nitrogen and oxygen atoms in total. The molecule has 0 saturated heterocycles. The number of nitrogens with one attached hydrogen (secondary N) is 2. The smallest absolute Gasteiger partial charge is 0.260 e. The van der Waals surface area contributed by atoms with Gasteiger partial charge in [-0.15, -0.1) is 0 Å². The van der Waals surface area contributed by atoms with Gasteiger partial charge in [-0.05, 0) is 13.8 Å². The topological polar surface area (TPSA) is 75.6 Å². The standard InChI is InChI=1S/C10H13N5O/c1-6-9(7(2)15(3)14-6)10(16)12-8-4-5-11-13-8/h4-5H,1-3H3,(H2,11,12,13,16). The van der Waals surface area contributed by atoms with E-state index in [4.69, 9.17) is 0 Å². The Morgan fingerprint density at radius 3 is 2.75 bits per heavy atom. The summed E-state index contributed by atoms with van der Waals surface area (Å²) in [5.41, 5.74) is 2.17. The van der Waals surface area contributed by atoms with Crippen molar-refractivity contribution < 1.29 is 4.79 Å². The van der Waals surface area contributed by atoms with Crippen LogP contribution in [0.3, 0.4) is 0 Å². The Hall–Kier alpha value is -2.11. The van der Waals surface area contributed by atoms with E-state index in [1.807, 2.05) is 20.9 Å². The molecule has 2 heterocycles. The van der Waals surface area contributed by atoms with Crippen LogP contribution >= 0.6 is 0 Å². The van der Waals surface area contributed by atoms with E-state index in [0.717, 1.165) is 11.4 Å². The van der Waals surface area contributed by atoms with Gasteiger partial charge in [0.1, 0.15) is 5.82 Å². The number of amides is 1. The molecule has 2 aromatic heterocycles. The molecule has 0 atom stereocenters. The van der Waals surface area contributed by atoms with E-state index in [-0.39, 0.29) is 5.91 Å². The molecular formula is C10H13N5O. The summed E-state index contributed by atoms with van der Waals surface area (Å²) in [6.45, 7) is 3.68. The zero-order valence-corrected chi connectivity index (χ0v) is 9.40. The number of aromatic nitrogens is 4. The van der Waals surface area contributed by atoms with Gasteiger partial charge in [-0.2, -0.15) is 10.2 Å². The molecule has 0 radical (unpaired) electrons. The zero-order chi connectivity index (χ0) is 11.7. The van der Waals surface area contributed by atoms with Crippen LogP contribution in [0, 0.1) is 13.8 Å². The molecule has 0 aliphatic rings. The number of nitrogens with zero attached hydrogens (tertiary/aromatic N) is 3. The molecule has 0 spiro atoms. The molecule has 6 heteroatoms. The van der Waals surface area contributed by atoms with Crippen LogP contribution in [0.4, 0.5) is 5.82 Å². The van der Waals surface area contributed by atoms with Crippen molar-refractivity contribution in [2.24, 2.45) is 7.05 Å². The van der Waals surface area contributed by atoms with Crippen LogP contribution in [-0.2, 0) is 7.05 Å². The van der Waals surface area contributed by atoms with Gasteiger partial charge >= 0.3 is 0 Å². The minimum Gasteiger partial charge on any atom is -0.307 e. The van der Waals surface area contributed by atoms with Gasteiger partial charge in [0.2, 0.25) is 0 Å². The fourth-order valence-corrected chi connectivity index (χ4v) is 1.61. The SMILES string of the molecule is Cc1nn(C)c(C)c1C(=O)Nc1ccn[nH]1. The van der Waals surface area contributed by atoms with Gasteiger partial charge < -0.3 is 5.32 Å². The molecular weight excluding hydrogens is 206 g/mol. The molecule has 0 aliphatic heterocycles. The average molecular weight is 219 g/mol. The Morgan fingerprint density at radius 1 is 1.50 bits per heavy atom. The minimum atomic E-state index is -0.174. The maximum absolute atomic E-state index is 12.0. The monoisotopic (exact) mass is 219 g/mol. The average Bonchev–Trinajstić information content (AvgIpc) is 2.77. The van der Waals surface area contributed by atoms with Gasteiger partial charge in [-0.25, -0.2) is 0 Å². The highest BCUT2D eigenvalue weighted by Gasteiger charge is 2.17. The third-order valence-electron chi connectivity index (χ3n) is 2.49. The molecule has 84 valence electrons. The number of H-pyrrole nitrogens is 1. The zero-order valence-electron chi connectivity index (χ0n) is 9.40. The summed E-state index contributed by atoms with van der Waals surface area (Å²) in [7, 11) is 1.81. The van der Waals surface area contributed by atoms with E-state index in [1.54, 1.807) is 16.9 Å². The van der Waals surface area contributed by atoms with Gasteiger partial charge in [-0.1, -0.05) is 0 Å². The van der Waals surface area contributed by atoms with Gasteiger partial charge in [0.25, 0.3) is 5.91 Å². The van der Waals surface area contributed by atoms with E-state index < -0.39 is 0 Å². The first-order valence-electron chi connectivity index (χ1n) is 4.90. The fourth-order valence-electron chi connectivity index (χ4n) is 1.61. The predicted molar refractivity (Wildman–Crippen MR) is 59.2 cm³/mol. The Kier molecular flexibility index (Phi) is 2.47. The van der Waals surface area contributed by atoms with Gasteiger partial charge in [0.05, 0.1) is 17.5 Å². The first-order valence-corrected chi connectivity index (χ1v) is 4.90. The highest BCUT2D eigenvalue weighted by molar-refractivity contribution is 6.05. The Morgan fingerprint density at radius 2 is 2.25 bits per heavy atom. The first-order chi connectivity index (χ1) is 7.59. The molecule has 0 unspecified atom stereocenters. The van der Waals surface area contributed by atoms with Crippen LogP contribution in [0.25, 0.3) is 0 Å². The Labute approximate surface area is 92.7 Å². The van der Waals surface area contributed by atoms with Crippen LogP contribution in [0.1, 0.15) is 21.7 Å². The Bertz CT molecular complexity index is 512. The van der Waals surface area contributed by atoms with Crippen LogP contribution in [0.2, 0.25) is 0 Å². The van der Waals surface area contributed by atoms with Gasteiger partial charge in [0, 0.05) is 18.8 Å². The molecule has 0 bridgehead atoms. The number of anilines is 1. The molecule has 0 aromatic carbocycles. The normalized spacial score (nSPS) is 10.4. The van der Waals surface area contributed by atoms with E-state index in [2.05, 4.69) is 20.6 Å². The second kappa shape index (κ2) is 3.80. The summed E-state index contributed by atoms with van der Waals surface area (Å²) >= 11 is 0. The number of carbonyl (C=O) groups is 1. The van der Waals surface area contributed by atoms with E-state index in [1.165, 1.54) is 0 Å². The summed E-state index contributed by atoms with van der Waals surface area (Å²) in [5, 5.41) is 13.3. The van der Waals surface area contributed by atoms with Crippen molar-refractivity contribution in [2.45, 2.75) is 13.8 Å². The number of rotatable bonds is 2. The van der Waals surface area contributed by atoms with Crippen LogP contribution < -0.4 is 5.32 Å². The highest BCUT2D eigenvalue weighted by atomic mass is 16.1. The summed E-state index contributed by atoms with van der Waals surface area (Å²) in [4.78, 5) is 12.0. The molecule has 0 fully saturated rings. The number of carbonyl (C=O) groups excluding carboxylic acids is 1. The fraction of sp³-hybridized carbons (Fsp3) is 0.300. The number of hydrogen-bond donors (Lipinski definition) is 2. The summed E-state index contributed by atoms with van der Waals surface area (Å²) in [6.07, 6.45) is 1.58. The highest BCUT2D eigenvalue weighted by Crippen LogP contribution is 2.13. The molecule has 2 rings (SSSR count). The second-order valence-electron chi connectivity index (χ2n) is 3.59. The summed E-state index contributed by atoms with van der Waals surface area (Å²) in [6, 6.07) is 1.69. The van der Waals surface area contributed by atoms with Crippen molar-refractivity contribution in [2.75, 3.05) is 5.32 Å². The second-order valence-corrected chi connectivity index (χ2v) is 3.59. The predicted octanol–water partition coefficient (Wildman–Crippen LogP) is 1.01. The molecule has 2 N–H and O–H groups in total. The molecule has 0 aliphatic carbocycles.